The van der Waals surface area contributed by atoms with E-state index in [1.165, 1.54) is 87.2 Å². The summed E-state index contributed by atoms with van der Waals surface area (Å²) in [7, 11) is 0. The molecule has 0 saturated heterocycles. The van der Waals surface area contributed by atoms with Crippen LogP contribution in [-0.2, 0) is 0 Å². The van der Waals surface area contributed by atoms with Crippen molar-refractivity contribution in [2.45, 2.75) is 0 Å². The second-order valence-corrected chi connectivity index (χ2v) is 13.6. The van der Waals surface area contributed by atoms with Crippen molar-refractivity contribution in [1.82, 2.24) is 0 Å². The van der Waals surface area contributed by atoms with Gasteiger partial charge in [0.2, 0.25) is 0 Å². The summed E-state index contributed by atoms with van der Waals surface area (Å²) < 4.78 is 6.57. The molecule has 0 amide bonds. The summed E-state index contributed by atoms with van der Waals surface area (Å²) in [5.41, 5.74) is 9.24. The Morgan fingerprint density at radius 2 is 0.843 bits per heavy atom. The molecule has 11 aromatic rings. The molecule has 0 bridgehead atoms. The first-order chi connectivity index (χ1) is 25.3. The lowest BCUT2D eigenvalue weighted by molar-refractivity contribution is 0.669. The minimum atomic E-state index is 0.907. The molecule has 0 aliphatic rings. The molecular weight excluding hydrogens is 617 g/mol. The van der Waals surface area contributed by atoms with Crippen molar-refractivity contribution in [3.63, 3.8) is 0 Å². The highest BCUT2D eigenvalue weighted by atomic mass is 16.3. The van der Waals surface area contributed by atoms with Crippen molar-refractivity contribution in [3.05, 3.63) is 182 Å². The molecule has 0 aliphatic heterocycles. The normalized spacial score (nSPS) is 11.9. The van der Waals surface area contributed by atoms with Crippen molar-refractivity contribution in [2.75, 3.05) is 0 Å². The van der Waals surface area contributed by atoms with Gasteiger partial charge in [-0.3, -0.25) is 0 Å². The average molecular weight is 647 g/mol. The monoisotopic (exact) mass is 646 g/mol. The molecule has 1 nitrogen and oxygen atoms in total. The third-order valence-corrected chi connectivity index (χ3v) is 10.8. The van der Waals surface area contributed by atoms with Crippen LogP contribution in [0.15, 0.2) is 186 Å². The van der Waals surface area contributed by atoms with Gasteiger partial charge >= 0.3 is 0 Å². The summed E-state index contributed by atoms with van der Waals surface area (Å²) in [6, 6.07) is 66.3. The van der Waals surface area contributed by atoms with Crippen LogP contribution in [0.4, 0.5) is 0 Å². The Morgan fingerprint density at radius 3 is 1.55 bits per heavy atom. The molecule has 1 heterocycles. The maximum Gasteiger partial charge on any atom is 0.136 e. The number of benzene rings is 10. The van der Waals surface area contributed by atoms with Crippen molar-refractivity contribution < 1.29 is 4.42 Å². The number of hydrogen-bond donors (Lipinski definition) is 0. The lowest BCUT2D eigenvalue weighted by atomic mass is 9.82. The van der Waals surface area contributed by atoms with Crippen molar-refractivity contribution in [3.8, 4) is 33.4 Å². The number of hydrogen-bond acceptors (Lipinski definition) is 1. The predicted octanol–water partition coefficient (Wildman–Crippen LogP) is 14.4. The van der Waals surface area contributed by atoms with Gasteiger partial charge in [0.25, 0.3) is 0 Å². The quantitative estimate of drug-likeness (QED) is 0.138. The molecule has 0 unspecified atom stereocenters. The fourth-order valence-corrected chi connectivity index (χ4v) is 8.63. The van der Waals surface area contributed by atoms with E-state index in [1.807, 2.05) is 0 Å². The Kier molecular flexibility index (Phi) is 6.02. The molecule has 0 spiro atoms. The molecule has 0 atom stereocenters. The molecule has 10 aromatic carbocycles. The largest absolute Gasteiger partial charge is 0.456 e. The van der Waals surface area contributed by atoms with Gasteiger partial charge in [0.05, 0.1) is 0 Å². The minimum absolute atomic E-state index is 0.907. The third kappa shape index (κ3) is 4.16. The van der Waals surface area contributed by atoms with E-state index in [1.54, 1.807) is 0 Å². The fourth-order valence-electron chi connectivity index (χ4n) is 8.63. The van der Waals surface area contributed by atoms with E-state index in [0.29, 0.717) is 0 Å². The highest BCUT2D eigenvalue weighted by molar-refractivity contribution is 6.29. The second kappa shape index (κ2) is 10.9. The van der Waals surface area contributed by atoms with Crippen LogP contribution >= 0.6 is 0 Å². The highest BCUT2D eigenvalue weighted by Crippen LogP contribution is 2.49. The van der Waals surface area contributed by atoms with Gasteiger partial charge in [-0.2, -0.15) is 0 Å². The van der Waals surface area contributed by atoms with Crippen LogP contribution in [0.25, 0.3) is 109 Å². The van der Waals surface area contributed by atoms with Crippen molar-refractivity contribution >= 4 is 75.8 Å². The molecule has 0 fully saturated rings. The van der Waals surface area contributed by atoms with Crippen molar-refractivity contribution in [1.29, 1.82) is 0 Å². The van der Waals surface area contributed by atoms with Gasteiger partial charge in [0, 0.05) is 10.8 Å². The first kappa shape index (κ1) is 28.2. The highest BCUT2D eigenvalue weighted by Gasteiger charge is 2.22. The minimum Gasteiger partial charge on any atom is -0.456 e. The molecule has 236 valence electrons. The van der Waals surface area contributed by atoms with Crippen molar-refractivity contribution in [2.24, 2.45) is 0 Å². The van der Waals surface area contributed by atoms with Crippen LogP contribution in [-0.4, -0.2) is 0 Å². The van der Waals surface area contributed by atoms with Gasteiger partial charge in [-0.05, 0) is 105 Å². The molecule has 0 aliphatic carbocycles. The zero-order chi connectivity index (χ0) is 33.5. The van der Waals surface area contributed by atoms with Gasteiger partial charge < -0.3 is 4.42 Å². The van der Waals surface area contributed by atoms with Crippen LogP contribution in [0.2, 0.25) is 0 Å². The van der Waals surface area contributed by atoms with Crippen LogP contribution in [0.5, 0.6) is 0 Å². The molecule has 1 heteroatoms. The predicted molar refractivity (Wildman–Crippen MR) is 218 cm³/mol. The summed E-state index contributed by atoms with van der Waals surface area (Å²) in [5.74, 6) is 0. The first-order valence-corrected chi connectivity index (χ1v) is 17.6. The van der Waals surface area contributed by atoms with Crippen LogP contribution < -0.4 is 0 Å². The molecule has 0 saturated carbocycles. The zero-order valence-corrected chi connectivity index (χ0v) is 27.7. The summed E-state index contributed by atoms with van der Waals surface area (Å²) in [6.07, 6.45) is 0. The van der Waals surface area contributed by atoms with Crippen LogP contribution in [0.3, 0.4) is 0 Å². The standard InChI is InChI=1S/C50H30O/c1-2-13-31(14-3-1)36-27-28-42(41-26-25-32-15-6-7-18-35(32)47(36)41)48-37-19-8-10-21-39(37)49(40-22-11-9-20-38(40)48)43-23-12-24-45-50(43)44-29-33-16-4-5-17-34(33)30-46(44)51-45/h1-30H. The summed E-state index contributed by atoms with van der Waals surface area (Å²) in [5, 5.41) is 14.7. The third-order valence-electron chi connectivity index (χ3n) is 10.8. The Hall–Kier alpha value is -6.70. The summed E-state index contributed by atoms with van der Waals surface area (Å²) in [6.45, 7) is 0. The smallest absolute Gasteiger partial charge is 0.136 e. The van der Waals surface area contributed by atoms with E-state index in [4.69, 9.17) is 4.42 Å². The topological polar surface area (TPSA) is 13.1 Å². The van der Waals surface area contributed by atoms with Gasteiger partial charge in [-0.1, -0.05) is 164 Å². The Balaban J connectivity index is 1.27. The lowest BCUT2D eigenvalue weighted by Gasteiger charge is -2.20. The number of fused-ring (bicyclic) bond motifs is 9. The van der Waals surface area contributed by atoms with E-state index >= 15 is 0 Å². The van der Waals surface area contributed by atoms with E-state index in [-0.39, 0.29) is 0 Å². The van der Waals surface area contributed by atoms with Gasteiger partial charge in [0.1, 0.15) is 11.2 Å². The van der Waals surface area contributed by atoms with E-state index in [2.05, 4.69) is 182 Å². The Labute approximate surface area is 294 Å². The van der Waals surface area contributed by atoms with Crippen LogP contribution in [0.1, 0.15) is 0 Å². The lowest BCUT2D eigenvalue weighted by Crippen LogP contribution is -1.93. The molecule has 51 heavy (non-hydrogen) atoms. The molecule has 0 N–H and O–H groups in total. The SMILES string of the molecule is c1ccc(-c2ccc(-c3c4ccccc4c(-c4cccc5oc6cc7ccccc7cc6c45)c4ccccc34)c3ccc4ccccc4c23)cc1. The maximum absolute atomic E-state index is 6.57. The van der Waals surface area contributed by atoms with Gasteiger partial charge in [-0.15, -0.1) is 0 Å². The number of rotatable bonds is 3. The Bertz CT molecular complexity index is 3130. The van der Waals surface area contributed by atoms with E-state index < -0.39 is 0 Å². The van der Waals surface area contributed by atoms with Crippen LogP contribution in [0, 0.1) is 0 Å². The molecule has 0 radical (unpaired) electrons. The fraction of sp³-hybridized carbons (Fsp3) is 0. The molecular formula is C50H30O. The molecule has 1 aromatic heterocycles. The zero-order valence-electron chi connectivity index (χ0n) is 27.7. The van der Waals surface area contributed by atoms with Gasteiger partial charge in [-0.25, -0.2) is 0 Å². The summed E-state index contributed by atoms with van der Waals surface area (Å²) >= 11 is 0. The number of furan rings is 1. The van der Waals surface area contributed by atoms with E-state index in [9.17, 15) is 0 Å². The Morgan fingerprint density at radius 1 is 0.275 bits per heavy atom. The second-order valence-electron chi connectivity index (χ2n) is 13.6. The van der Waals surface area contributed by atoms with Gasteiger partial charge in [0.15, 0.2) is 0 Å². The maximum atomic E-state index is 6.57. The average Bonchev–Trinajstić information content (AvgIpc) is 3.56. The van der Waals surface area contributed by atoms with E-state index in [0.717, 1.165) is 21.9 Å². The summed E-state index contributed by atoms with van der Waals surface area (Å²) in [4.78, 5) is 0. The molecule has 11 rings (SSSR count). The first-order valence-electron chi connectivity index (χ1n) is 17.6.